The van der Waals surface area contributed by atoms with Gasteiger partial charge in [0.05, 0.1) is 19.4 Å². The van der Waals surface area contributed by atoms with Crippen LogP contribution in [0.3, 0.4) is 0 Å². The van der Waals surface area contributed by atoms with Gasteiger partial charge in [-0.05, 0) is 24.3 Å². The first kappa shape index (κ1) is 12.6. The van der Waals surface area contributed by atoms with E-state index in [9.17, 15) is 14.9 Å². The Kier molecular flexibility index (Phi) is 3.46. The monoisotopic (exact) mass is 263 g/mol. The standard InChI is InChI=1S/C12H9NO6/c1-17-12(14)9(10-3-2-6-18-10)7-8-4-5-11(19-8)13(15)16/h2-7H,1H3. The van der Waals surface area contributed by atoms with E-state index in [1.807, 2.05) is 0 Å². The van der Waals surface area contributed by atoms with Crippen molar-refractivity contribution in [2.75, 3.05) is 7.11 Å². The molecule has 0 radical (unpaired) electrons. The van der Waals surface area contributed by atoms with Crippen molar-refractivity contribution in [2.45, 2.75) is 0 Å². The summed E-state index contributed by atoms with van der Waals surface area (Å²) in [7, 11) is 1.23. The Morgan fingerprint density at radius 1 is 1.42 bits per heavy atom. The van der Waals surface area contributed by atoms with Crippen LogP contribution in [0.1, 0.15) is 11.5 Å². The summed E-state index contributed by atoms with van der Waals surface area (Å²) in [5.41, 5.74) is 0.108. The molecule has 2 aromatic rings. The van der Waals surface area contributed by atoms with Gasteiger partial charge in [-0.3, -0.25) is 10.1 Å². The van der Waals surface area contributed by atoms with Gasteiger partial charge in [0.1, 0.15) is 22.0 Å². The van der Waals surface area contributed by atoms with Crippen molar-refractivity contribution < 1.29 is 23.3 Å². The first-order chi connectivity index (χ1) is 9.11. The molecule has 0 N–H and O–H groups in total. The minimum Gasteiger partial charge on any atom is -0.465 e. The molecule has 98 valence electrons. The molecule has 7 heteroatoms. The van der Waals surface area contributed by atoms with Gasteiger partial charge in [0, 0.05) is 0 Å². The van der Waals surface area contributed by atoms with Crippen LogP contribution in [0.2, 0.25) is 0 Å². The number of nitro groups is 1. The van der Waals surface area contributed by atoms with Crippen LogP contribution in [-0.2, 0) is 9.53 Å². The van der Waals surface area contributed by atoms with Crippen LogP contribution in [0, 0.1) is 10.1 Å². The van der Waals surface area contributed by atoms with E-state index in [0.29, 0.717) is 0 Å². The molecule has 2 aromatic heterocycles. The van der Waals surface area contributed by atoms with Crippen molar-refractivity contribution in [3.8, 4) is 0 Å². The number of furan rings is 2. The lowest BCUT2D eigenvalue weighted by atomic mass is 10.2. The van der Waals surface area contributed by atoms with Crippen LogP contribution in [0.5, 0.6) is 0 Å². The van der Waals surface area contributed by atoms with Gasteiger partial charge in [-0.15, -0.1) is 0 Å². The molecular formula is C12H9NO6. The first-order valence-corrected chi connectivity index (χ1v) is 5.20. The third-order valence-corrected chi connectivity index (χ3v) is 2.27. The summed E-state index contributed by atoms with van der Waals surface area (Å²) in [4.78, 5) is 21.5. The van der Waals surface area contributed by atoms with Crippen LogP contribution in [0.25, 0.3) is 11.6 Å². The van der Waals surface area contributed by atoms with E-state index in [2.05, 4.69) is 4.74 Å². The first-order valence-electron chi connectivity index (χ1n) is 5.20. The van der Waals surface area contributed by atoms with Crippen LogP contribution in [-0.4, -0.2) is 18.0 Å². The van der Waals surface area contributed by atoms with Crippen molar-refractivity contribution in [1.82, 2.24) is 0 Å². The molecule has 0 spiro atoms. The smallest absolute Gasteiger partial charge is 0.433 e. The Morgan fingerprint density at radius 2 is 2.21 bits per heavy atom. The molecule has 0 saturated heterocycles. The van der Waals surface area contributed by atoms with E-state index in [-0.39, 0.29) is 17.1 Å². The van der Waals surface area contributed by atoms with E-state index >= 15 is 0 Å². The van der Waals surface area contributed by atoms with E-state index in [1.165, 1.54) is 31.6 Å². The van der Waals surface area contributed by atoms with Gasteiger partial charge in [-0.1, -0.05) is 0 Å². The Hall–Kier alpha value is -2.83. The number of rotatable bonds is 4. The Labute approximate surface area is 107 Å². The maximum Gasteiger partial charge on any atom is 0.433 e. The number of carbonyl (C=O) groups is 1. The zero-order chi connectivity index (χ0) is 13.8. The van der Waals surface area contributed by atoms with Crippen molar-refractivity contribution >= 4 is 23.5 Å². The fourth-order valence-electron chi connectivity index (χ4n) is 1.43. The summed E-state index contributed by atoms with van der Waals surface area (Å²) in [6.45, 7) is 0. The van der Waals surface area contributed by atoms with Gasteiger partial charge in [0.2, 0.25) is 0 Å². The highest BCUT2D eigenvalue weighted by Crippen LogP contribution is 2.23. The molecule has 0 aliphatic carbocycles. The molecule has 0 saturated carbocycles. The predicted octanol–water partition coefficient (Wildman–Crippen LogP) is 2.49. The molecule has 0 aliphatic rings. The molecular weight excluding hydrogens is 254 g/mol. The average molecular weight is 263 g/mol. The second kappa shape index (κ2) is 5.21. The quantitative estimate of drug-likeness (QED) is 0.364. The average Bonchev–Trinajstić information content (AvgIpc) is 3.05. The van der Waals surface area contributed by atoms with Gasteiger partial charge in [-0.2, -0.15) is 0 Å². The third-order valence-electron chi connectivity index (χ3n) is 2.27. The number of esters is 1. The molecule has 7 nitrogen and oxygen atoms in total. The van der Waals surface area contributed by atoms with Crippen molar-refractivity contribution in [1.29, 1.82) is 0 Å². The molecule has 0 bridgehead atoms. The number of carbonyl (C=O) groups excluding carboxylic acids is 1. The van der Waals surface area contributed by atoms with E-state index in [0.717, 1.165) is 0 Å². The molecule has 0 unspecified atom stereocenters. The molecule has 19 heavy (non-hydrogen) atoms. The highest BCUT2D eigenvalue weighted by Gasteiger charge is 2.17. The lowest BCUT2D eigenvalue weighted by Crippen LogP contribution is -2.02. The maximum absolute atomic E-state index is 11.6. The van der Waals surface area contributed by atoms with Crippen LogP contribution in [0.15, 0.2) is 39.4 Å². The van der Waals surface area contributed by atoms with Crippen molar-refractivity contribution in [3.05, 3.63) is 52.2 Å². The van der Waals surface area contributed by atoms with Gasteiger partial charge in [0.15, 0.2) is 0 Å². The summed E-state index contributed by atoms with van der Waals surface area (Å²) in [5, 5.41) is 10.5. The van der Waals surface area contributed by atoms with Crippen molar-refractivity contribution in [2.24, 2.45) is 0 Å². The summed E-state index contributed by atoms with van der Waals surface area (Å²) < 4.78 is 14.7. The second-order valence-electron chi connectivity index (χ2n) is 3.46. The lowest BCUT2D eigenvalue weighted by molar-refractivity contribution is -0.402. The number of methoxy groups -OCH3 is 1. The number of hydrogen-bond donors (Lipinski definition) is 0. The van der Waals surface area contributed by atoms with Gasteiger partial charge < -0.3 is 13.6 Å². The third kappa shape index (κ3) is 2.71. The summed E-state index contributed by atoms with van der Waals surface area (Å²) in [6, 6.07) is 5.75. The zero-order valence-electron chi connectivity index (χ0n) is 9.86. The number of hydrogen-bond acceptors (Lipinski definition) is 6. The molecule has 2 heterocycles. The van der Waals surface area contributed by atoms with Crippen LogP contribution >= 0.6 is 0 Å². The highest BCUT2D eigenvalue weighted by molar-refractivity contribution is 6.20. The van der Waals surface area contributed by atoms with Crippen LogP contribution in [0.4, 0.5) is 5.88 Å². The van der Waals surface area contributed by atoms with Crippen LogP contribution < -0.4 is 0 Å². The fraction of sp³-hybridized carbons (Fsp3) is 0.0833. The molecule has 0 aliphatic heterocycles. The normalized spacial score (nSPS) is 11.3. The molecule has 0 fully saturated rings. The Balaban J connectivity index is 2.39. The minimum atomic E-state index is -0.665. The SMILES string of the molecule is COC(=O)C(=Cc1ccc([N+](=O)[O-])o1)c1ccco1. The zero-order valence-corrected chi connectivity index (χ0v) is 9.86. The second-order valence-corrected chi connectivity index (χ2v) is 3.46. The van der Waals surface area contributed by atoms with Gasteiger partial charge in [0.25, 0.3) is 0 Å². The molecule has 0 atom stereocenters. The van der Waals surface area contributed by atoms with Crippen molar-refractivity contribution in [3.63, 3.8) is 0 Å². The summed E-state index contributed by atoms with van der Waals surface area (Å²) in [5.74, 6) is -0.599. The molecule has 0 amide bonds. The highest BCUT2D eigenvalue weighted by atomic mass is 16.6. The Morgan fingerprint density at radius 3 is 2.74 bits per heavy atom. The largest absolute Gasteiger partial charge is 0.465 e. The van der Waals surface area contributed by atoms with Gasteiger partial charge >= 0.3 is 11.9 Å². The lowest BCUT2D eigenvalue weighted by Gasteiger charge is -2.00. The number of ether oxygens (including phenoxy) is 1. The number of nitrogens with zero attached hydrogens (tertiary/aromatic N) is 1. The Bertz CT molecular complexity index is 622. The predicted molar refractivity (Wildman–Crippen MR) is 64.0 cm³/mol. The fourth-order valence-corrected chi connectivity index (χ4v) is 1.43. The van der Waals surface area contributed by atoms with E-state index in [1.54, 1.807) is 12.1 Å². The molecule has 0 aromatic carbocycles. The maximum atomic E-state index is 11.6. The summed E-state index contributed by atoms with van der Waals surface area (Å²) >= 11 is 0. The van der Waals surface area contributed by atoms with E-state index in [4.69, 9.17) is 8.83 Å². The minimum absolute atomic E-state index is 0.108. The van der Waals surface area contributed by atoms with Gasteiger partial charge in [-0.25, -0.2) is 4.79 Å². The van der Waals surface area contributed by atoms with E-state index < -0.39 is 16.8 Å². The summed E-state index contributed by atoms with van der Waals surface area (Å²) in [6.07, 6.45) is 2.72. The topological polar surface area (TPSA) is 95.7 Å². The molecule has 2 rings (SSSR count).